The van der Waals surface area contributed by atoms with E-state index in [1.807, 2.05) is 0 Å². The van der Waals surface area contributed by atoms with Crippen LogP contribution in [0, 0.1) is 6.92 Å². The monoisotopic (exact) mass is 232 g/mol. The standard InChI is InChI=1S/C12H12N2O3/c1-8(11-4-3-6-17-11)13-14-12(15)10-5-7-16-9(10)2/h3-7H,1-2H3,(H,14,15). The molecule has 0 saturated carbocycles. The van der Waals surface area contributed by atoms with Crippen molar-refractivity contribution in [2.45, 2.75) is 13.8 Å². The van der Waals surface area contributed by atoms with E-state index in [1.54, 1.807) is 38.3 Å². The van der Waals surface area contributed by atoms with Gasteiger partial charge in [-0.05, 0) is 32.0 Å². The lowest BCUT2D eigenvalue weighted by molar-refractivity contribution is 0.0953. The number of amides is 1. The lowest BCUT2D eigenvalue weighted by Gasteiger charge is -1.99. The predicted octanol–water partition coefficient (Wildman–Crippen LogP) is 2.34. The first-order valence-electron chi connectivity index (χ1n) is 5.11. The summed E-state index contributed by atoms with van der Waals surface area (Å²) in [5.74, 6) is 0.879. The molecular weight excluding hydrogens is 220 g/mol. The molecule has 0 bridgehead atoms. The van der Waals surface area contributed by atoms with Crippen LogP contribution in [0.3, 0.4) is 0 Å². The molecule has 5 heteroatoms. The fourth-order valence-corrected chi connectivity index (χ4v) is 1.35. The second-order valence-corrected chi connectivity index (χ2v) is 3.51. The van der Waals surface area contributed by atoms with E-state index in [9.17, 15) is 4.79 Å². The molecule has 0 radical (unpaired) electrons. The molecule has 0 spiro atoms. The van der Waals surface area contributed by atoms with Gasteiger partial charge >= 0.3 is 0 Å². The Kier molecular flexibility index (Phi) is 3.09. The molecule has 2 aromatic rings. The van der Waals surface area contributed by atoms with Gasteiger partial charge in [-0.2, -0.15) is 5.10 Å². The third-order valence-electron chi connectivity index (χ3n) is 2.31. The highest BCUT2D eigenvalue weighted by Crippen LogP contribution is 2.08. The van der Waals surface area contributed by atoms with Gasteiger partial charge in [-0.25, -0.2) is 5.43 Å². The quantitative estimate of drug-likeness (QED) is 0.652. The summed E-state index contributed by atoms with van der Waals surface area (Å²) in [6.07, 6.45) is 3.02. The summed E-state index contributed by atoms with van der Waals surface area (Å²) in [4.78, 5) is 11.7. The molecule has 2 rings (SSSR count). The van der Waals surface area contributed by atoms with Crippen molar-refractivity contribution in [3.8, 4) is 0 Å². The number of carbonyl (C=O) groups is 1. The van der Waals surface area contributed by atoms with E-state index in [-0.39, 0.29) is 5.91 Å². The topological polar surface area (TPSA) is 67.7 Å². The molecule has 0 aliphatic rings. The summed E-state index contributed by atoms with van der Waals surface area (Å²) in [6.45, 7) is 3.47. The number of hydrazone groups is 1. The Hall–Kier alpha value is -2.30. The number of nitrogens with one attached hydrogen (secondary N) is 1. The molecule has 0 atom stereocenters. The zero-order valence-electron chi connectivity index (χ0n) is 9.56. The van der Waals surface area contributed by atoms with Crippen molar-refractivity contribution >= 4 is 11.6 Å². The molecule has 1 amide bonds. The molecule has 17 heavy (non-hydrogen) atoms. The van der Waals surface area contributed by atoms with Gasteiger partial charge in [-0.3, -0.25) is 4.79 Å². The average molecular weight is 232 g/mol. The normalized spacial score (nSPS) is 11.5. The Morgan fingerprint density at radius 1 is 1.29 bits per heavy atom. The maximum absolute atomic E-state index is 11.7. The minimum absolute atomic E-state index is 0.304. The number of rotatable bonds is 3. The van der Waals surface area contributed by atoms with E-state index in [1.165, 1.54) is 6.26 Å². The maximum Gasteiger partial charge on any atom is 0.274 e. The molecule has 5 nitrogen and oxygen atoms in total. The smallest absolute Gasteiger partial charge is 0.274 e. The second-order valence-electron chi connectivity index (χ2n) is 3.51. The summed E-state index contributed by atoms with van der Waals surface area (Å²) in [5, 5.41) is 3.95. The molecule has 0 fully saturated rings. The Morgan fingerprint density at radius 3 is 2.71 bits per heavy atom. The highest BCUT2D eigenvalue weighted by Gasteiger charge is 2.10. The Balaban J connectivity index is 2.06. The van der Waals surface area contributed by atoms with Gasteiger partial charge in [0.05, 0.1) is 18.1 Å². The Morgan fingerprint density at radius 2 is 2.12 bits per heavy atom. The summed E-state index contributed by atoms with van der Waals surface area (Å²) in [5.41, 5.74) is 3.52. The number of nitrogens with zero attached hydrogens (tertiary/aromatic N) is 1. The van der Waals surface area contributed by atoms with Crippen LogP contribution < -0.4 is 5.43 Å². The minimum atomic E-state index is -0.304. The van der Waals surface area contributed by atoms with Crippen LogP contribution in [0.2, 0.25) is 0 Å². The molecule has 0 aromatic carbocycles. The first-order chi connectivity index (χ1) is 8.18. The van der Waals surface area contributed by atoms with Crippen LogP contribution in [-0.4, -0.2) is 11.6 Å². The van der Waals surface area contributed by atoms with Crippen LogP contribution in [0.1, 0.15) is 28.8 Å². The summed E-state index contributed by atoms with van der Waals surface area (Å²) in [6, 6.07) is 5.13. The van der Waals surface area contributed by atoms with Gasteiger partial charge in [-0.15, -0.1) is 0 Å². The molecule has 1 N–H and O–H groups in total. The van der Waals surface area contributed by atoms with E-state index in [0.717, 1.165) is 0 Å². The van der Waals surface area contributed by atoms with Crippen LogP contribution in [0.4, 0.5) is 0 Å². The van der Waals surface area contributed by atoms with E-state index < -0.39 is 0 Å². The molecule has 0 aliphatic carbocycles. The van der Waals surface area contributed by atoms with Crippen LogP contribution in [0.5, 0.6) is 0 Å². The van der Waals surface area contributed by atoms with Crippen molar-refractivity contribution in [2.24, 2.45) is 5.10 Å². The van der Waals surface area contributed by atoms with Crippen LogP contribution in [-0.2, 0) is 0 Å². The fourth-order valence-electron chi connectivity index (χ4n) is 1.35. The lowest BCUT2D eigenvalue weighted by atomic mass is 10.2. The summed E-state index contributed by atoms with van der Waals surface area (Å²) < 4.78 is 10.2. The van der Waals surface area contributed by atoms with Crippen LogP contribution in [0.25, 0.3) is 0 Å². The molecule has 88 valence electrons. The minimum Gasteiger partial charge on any atom is -0.469 e. The van der Waals surface area contributed by atoms with Crippen LogP contribution >= 0.6 is 0 Å². The Bertz CT molecular complexity index is 538. The van der Waals surface area contributed by atoms with E-state index in [4.69, 9.17) is 8.83 Å². The van der Waals surface area contributed by atoms with E-state index in [0.29, 0.717) is 22.8 Å². The maximum atomic E-state index is 11.7. The molecule has 2 heterocycles. The van der Waals surface area contributed by atoms with Crippen molar-refractivity contribution in [2.75, 3.05) is 0 Å². The predicted molar refractivity (Wildman–Crippen MR) is 61.8 cm³/mol. The third-order valence-corrected chi connectivity index (χ3v) is 2.31. The van der Waals surface area contributed by atoms with Gasteiger partial charge in [0.1, 0.15) is 17.2 Å². The summed E-state index contributed by atoms with van der Waals surface area (Å²) in [7, 11) is 0. The van der Waals surface area contributed by atoms with Gasteiger partial charge in [-0.1, -0.05) is 0 Å². The molecule has 0 unspecified atom stereocenters. The SMILES string of the molecule is CC(=NNC(=O)c1ccoc1C)c1ccco1. The Labute approximate surface area is 98.1 Å². The first kappa shape index (κ1) is 11.2. The van der Waals surface area contributed by atoms with Gasteiger partial charge in [0.25, 0.3) is 5.91 Å². The average Bonchev–Trinajstić information content (AvgIpc) is 2.95. The lowest BCUT2D eigenvalue weighted by Crippen LogP contribution is -2.19. The zero-order valence-corrected chi connectivity index (χ0v) is 9.56. The van der Waals surface area contributed by atoms with Crippen molar-refractivity contribution in [1.29, 1.82) is 0 Å². The van der Waals surface area contributed by atoms with Crippen molar-refractivity contribution in [1.82, 2.24) is 5.43 Å². The summed E-state index contributed by atoms with van der Waals surface area (Å²) >= 11 is 0. The zero-order chi connectivity index (χ0) is 12.3. The van der Waals surface area contributed by atoms with Crippen LogP contribution in [0.15, 0.2) is 44.7 Å². The van der Waals surface area contributed by atoms with E-state index >= 15 is 0 Å². The van der Waals surface area contributed by atoms with Gasteiger partial charge in [0, 0.05) is 0 Å². The number of hydrogen-bond donors (Lipinski definition) is 1. The second kappa shape index (κ2) is 4.69. The van der Waals surface area contributed by atoms with Gasteiger partial charge in [0.2, 0.25) is 0 Å². The first-order valence-corrected chi connectivity index (χ1v) is 5.11. The number of furan rings is 2. The third kappa shape index (κ3) is 2.44. The van der Waals surface area contributed by atoms with Gasteiger partial charge in [0.15, 0.2) is 0 Å². The van der Waals surface area contributed by atoms with Gasteiger partial charge < -0.3 is 8.83 Å². The van der Waals surface area contributed by atoms with Crippen molar-refractivity contribution < 1.29 is 13.6 Å². The van der Waals surface area contributed by atoms with Crippen molar-refractivity contribution in [3.63, 3.8) is 0 Å². The van der Waals surface area contributed by atoms with E-state index in [2.05, 4.69) is 10.5 Å². The molecular formula is C12H12N2O3. The molecule has 2 aromatic heterocycles. The largest absolute Gasteiger partial charge is 0.469 e. The number of hydrogen-bond acceptors (Lipinski definition) is 4. The molecule has 0 saturated heterocycles. The fraction of sp³-hybridized carbons (Fsp3) is 0.167. The number of carbonyl (C=O) groups excluding carboxylic acids is 1. The number of aryl methyl sites for hydroxylation is 1. The molecule has 0 aliphatic heterocycles. The highest BCUT2D eigenvalue weighted by molar-refractivity contribution is 5.99. The van der Waals surface area contributed by atoms with Crippen molar-refractivity contribution in [3.05, 3.63) is 47.8 Å². The highest BCUT2D eigenvalue weighted by atomic mass is 16.3.